The maximum Gasteiger partial charge on any atom is 0.257 e. The number of carbonyl (C=O) groups excluding carboxylic acids is 1. The number of thioether (sulfide) groups is 1. The fourth-order valence-corrected chi connectivity index (χ4v) is 4.29. The summed E-state index contributed by atoms with van der Waals surface area (Å²) in [5, 5.41) is 3.87. The monoisotopic (exact) mass is 353 g/mol. The van der Waals surface area contributed by atoms with Crippen LogP contribution in [0.5, 0.6) is 0 Å². The summed E-state index contributed by atoms with van der Waals surface area (Å²) in [7, 11) is 0. The van der Waals surface area contributed by atoms with Crippen molar-refractivity contribution < 1.29 is 4.79 Å². The van der Waals surface area contributed by atoms with Crippen LogP contribution in [0, 0.1) is 5.92 Å². The Morgan fingerprint density at radius 3 is 2.76 bits per heavy atom. The maximum atomic E-state index is 12.8. The molecule has 0 bridgehead atoms. The lowest BCUT2D eigenvalue weighted by Gasteiger charge is -2.36. The average Bonchev–Trinajstić information content (AvgIpc) is 2.61. The minimum absolute atomic E-state index is 0.167. The molecule has 4 rings (SSSR count). The van der Waals surface area contributed by atoms with Gasteiger partial charge in [0.1, 0.15) is 11.6 Å². The van der Waals surface area contributed by atoms with E-state index in [4.69, 9.17) is 0 Å². The van der Waals surface area contributed by atoms with E-state index in [1.807, 2.05) is 37.3 Å². The Morgan fingerprint density at radius 1 is 1.20 bits per heavy atom. The van der Waals surface area contributed by atoms with Crippen LogP contribution in [-0.4, -0.2) is 21.5 Å². The number of rotatable bonds is 3. The van der Waals surface area contributed by atoms with Crippen molar-refractivity contribution in [1.82, 2.24) is 9.97 Å². The molecular weight excluding hydrogens is 334 g/mol. The highest BCUT2D eigenvalue weighted by Crippen LogP contribution is 2.44. The topological polar surface area (TPSA) is 74.8 Å². The zero-order valence-corrected chi connectivity index (χ0v) is 14.7. The summed E-state index contributed by atoms with van der Waals surface area (Å²) < 4.78 is 0. The first-order chi connectivity index (χ1) is 12.2. The Morgan fingerprint density at radius 2 is 2.00 bits per heavy atom. The summed E-state index contributed by atoms with van der Waals surface area (Å²) in [4.78, 5) is 33.0. The predicted octanol–water partition coefficient (Wildman–Crippen LogP) is 3.30. The number of aromatic nitrogens is 2. The number of benzene rings is 1. The van der Waals surface area contributed by atoms with Crippen molar-refractivity contribution in [2.24, 2.45) is 5.92 Å². The molecule has 1 aliphatic carbocycles. The minimum atomic E-state index is -0.337. The van der Waals surface area contributed by atoms with Crippen molar-refractivity contribution in [3.05, 3.63) is 63.6 Å². The maximum absolute atomic E-state index is 12.8. The van der Waals surface area contributed by atoms with E-state index in [0.29, 0.717) is 23.0 Å². The Labute approximate surface area is 150 Å². The highest BCUT2D eigenvalue weighted by Gasteiger charge is 2.42. The molecule has 0 saturated carbocycles. The van der Waals surface area contributed by atoms with Crippen LogP contribution in [0.25, 0.3) is 0 Å². The summed E-state index contributed by atoms with van der Waals surface area (Å²) >= 11 is 1.50. The van der Waals surface area contributed by atoms with Gasteiger partial charge in [0, 0.05) is 18.0 Å². The van der Waals surface area contributed by atoms with Gasteiger partial charge in [0.2, 0.25) is 0 Å². The third kappa shape index (κ3) is 2.80. The zero-order chi connectivity index (χ0) is 17.4. The number of ketones is 1. The number of hydrogen-bond acceptors (Lipinski definition) is 5. The van der Waals surface area contributed by atoms with Crippen LogP contribution < -0.4 is 10.9 Å². The zero-order valence-electron chi connectivity index (χ0n) is 13.9. The van der Waals surface area contributed by atoms with Crippen molar-refractivity contribution >= 4 is 23.4 Å². The van der Waals surface area contributed by atoms with E-state index in [2.05, 4.69) is 21.4 Å². The smallest absolute Gasteiger partial charge is 0.257 e. The van der Waals surface area contributed by atoms with Crippen molar-refractivity contribution in [3.63, 3.8) is 0 Å². The third-order valence-corrected chi connectivity index (χ3v) is 5.47. The molecule has 6 heteroatoms. The second kappa shape index (κ2) is 6.52. The second-order valence-corrected chi connectivity index (χ2v) is 7.47. The van der Waals surface area contributed by atoms with Gasteiger partial charge in [-0.3, -0.25) is 9.59 Å². The number of fused-ring (bicyclic) bond motifs is 2. The highest BCUT2D eigenvalue weighted by molar-refractivity contribution is 7.99. The number of aromatic amines is 1. The first kappa shape index (κ1) is 16.1. The molecule has 5 nitrogen and oxygen atoms in total. The van der Waals surface area contributed by atoms with Crippen molar-refractivity contribution in [3.8, 4) is 0 Å². The third-order valence-electron chi connectivity index (χ3n) is 4.72. The second-order valence-electron chi connectivity index (χ2n) is 6.22. The minimum Gasteiger partial charge on any atom is -0.343 e. The van der Waals surface area contributed by atoms with E-state index in [1.54, 1.807) is 0 Å². The van der Waals surface area contributed by atoms with E-state index in [-0.39, 0.29) is 23.2 Å². The summed E-state index contributed by atoms with van der Waals surface area (Å²) in [5.74, 6) is 0.944. The number of carbonyl (C=O) groups is 1. The molecule has 0 saturated heterocycles. The molecule has 0 amide bonds. The van der Waals surface area contributed by atoms with Crippen LogP contribution in [0.3, 0.4) is 0 Å². The van der Waals surface area contributed by atoms with Gasteiger partial charge in [-0.15, -0.1) is 0 Å². The molecule has 0 radical (unpaired) electrons. The Kier molecular flexibility index (Phi) is 4.21. The van der Waals surface area contributed by atoms with Gasteiger partial charge in [-0.25, -0.2) is 4.98 Å². The quantitative estimate of drug-likeness (QED) is 0.654. The van der Waals surface area contributed by atoms with Gasteiger partial charge in [0.25, 0.3) is 5.56 Å². The molecule has 1 aliphatic heterocycles. The Balaban J connectivity index is 1.94. The van der Waals surface area contributed by atoms with Crippen LogP contribution in [-0.2, 0) is 4.79 Å². The van der Waals surface area contributed by atoms with Crippen molar-refractivity contribution in [2.45, 2.75) is 30.8 Å². The van der Waals surface area contributed by atoms with E-state index in [9.17, 15) is 9.59 Å². The number of nitrogens with one attached hydrogen (secondary N) is 2. The Hall–Kier alpha value is -2.34. The Bertz CT molecular complexity index is 905. The van der Waals surface area contributed by atoms with Crippen molar-refractivity contribution in [2.75, 3.05) is 11.1 Å². The lowest BCUT2D eigenvalue weighted by atomic mass is 9.72. The van der Waals surface area contributed by atoms with Gasteiger partial charge >= 0.3 is 0 Å². The molecule has 0 unspecified atom stereocenters. The number of Topliss-reactive ketones (excluding diaryl/α,β-unsaturated/α-hetero) is 1. The summed E-state index contributed by atoms with van der Waals surface area (Å²) in [6.07, 6.45) is 3.32. The van der Waals surface area contributed by atoms with Gasteiger partial charge in [-0.2, -0.15) is 0 Å². The lowest BCUT2D eigenvalue weighted by molar-refractivity contribution is -0.122. The van der Waals surface area contributed by atoms with Gasteiger partial charge < -0.3 is 10.3 Å². The van der Waals surface area contributed by atoms with Crippen LogP contribution in [0.1, 0.15) is 36.8 Å². The number of nitrogens with zero attached hydrogens (tertiary/aromatic N) is 1. The first-order valence-corrected chi connectivity index (χ1v) is 9.49. The molecule has 25 heavy (non-hydrogen) atoms. The van der Waals surface area contributed by atoms with E-state index >= 15 is 0 Å². The average molecular weight is 353 g/mol. The number of anilines is 1. The molecule has 2 atom stereocenters. The summed E-state index contributed by atoms with van der Waals surface area (Å²) in [6.45, 7) is 2.02. The SMILES string of the molecule is CCSc1nc2c(c(=O)[nH]1)[C@H](c1ccccc1)[C@H]1C(=O)CCC=C1N2. The number of hydrogen-bond donors (Lipinski definition) is 2. The van der Waals surface area contributed by atoms with E-state index in [1.165, 1.54) is 11.8 Å². The van der Waals surface area contributed by atoms with Crippen LogP contribution in [0.2, 0.25) is 0 Å². The van der Waals surface area contributed by atoms with Crippen LogP contribution in [0.15, 0.2) is 52.1 Å². The molecule has 128 valence electrons. The van der Waals surface area contributed by atoms with Crippen LogP contribution in [0.4, 0.5) is 5.82 Å². The molecule has 2 aliphatic rings. The lowest BCUT2D eigenvalue weighted by Crippen LogP contribution is -2.38. The van der Waals surface area contributed by atoms with Gasteiger partial charge in [0.05, 0.1) is 11.5 Å². The molecule has 0 spiro atoms. The fraction of sp³-hybridized carbons (Fsp3) is 0.316. The summed E-state index contributed by atoms with van der Waals surface area (Å²) in [6, 6.07) is 9.78. The normalized spacial score (nSPS) is 21.8. The molecule has 1 aromatic carbocycles. The highest BCUT2D eigenvalue weighted by atomic mass is 32.2. The van der Waals surface area contributed by atoms with Gasteiger partial charge in [0.15, 0.2) is 5.16 Å². The molecule has 0 fully saturated rings. The van der Waals surface area contributed by atoms with E-state index < -0.39 is 0 Å². The molecular formula is C19H19N3O2S. The van der Waals surface area contributed by atoms with E-state index in [0.717, 1.165) is 23.4 Å². The first-order valence-electron chi connectivity index (χ1n) is 8.50. The number of H-pyrrole nitrogens is 1. The molecule has 2 heterocycles. The molecule has 2 N–H and O–H groups in total. The fourth-order valence-electron chi connectivity index (χ4n) is 3.69. The summed E-state index contributed by atoms with van der Waals surface area (Å²) in [5.41, 5.74) is 2.24. The molecule has 1 aromatic heterocycles. The van der Waals surface area contributed by atoms with Gasteiger partial charge in [-0.1, -0.05) is 55.1 Å². The van der Waals surface area contributed by atoms with Crippen LogP contribution >= 0.6 is 11.8 Å². The largest absolute Gasteiger partial charge is 0.343 e. The molecule has 2 aromatic rings. The number of allylic oxidation sites excluding steroid dienone is 2. The standard InChI is InChI=1S/C19H19N3O2S/c1-2-25-19-21-17-16(18(24)22-19)14(11-7-4-3-5-8-11)15-12(20-17)9-6-10-13(15)23/h3-5,7-9,14-15H,2,6,10H2,1H3,(H2,20,21,22,24)/t14-,15-/m1/s1. The predicted molar refractivity (Wildman–Crippen MR) is 99.0 cm³/mol. The van der Waals surface area contributed by atoms with Crippen molar-refractivity contribution in [1.29, 1.82) is 0 Å². The van der Waals surface area contributed by atoms with Gasteiger partial charge in [-0.05, 0) is 17.7 Å².